The van der Waals surface area contributed by atoms with E-state index in [2.05, 4.69) is 10.6 Å². The van der Waals surface area contributed by atoms with Gasteiger partial charge in [-0.25, -0.2) is 0 Å². The van der Waals surface area contributed by atoms with Crippen LogP contribution >= 0.6 is 0 Å². The molecule has 0 bridgehead atoms. The molecule has 0 saturated heterocycles. The first kappa shape index (κ1) is 16.2. The molecular weight excluding hydrogens is 254 g/mol. The molecule has 1 rings (SSSR count). The summed E-state index contributed by atoms with van der Waals surface area (Å²) in [5, 5.41) is 5.52. The van der Waals surface area contributed by atoms with Crippen LogP contribution in [0.4, 0.5) is 0 Å². The fourth-order valence-electron chi connectivity index (χ4n) is 1.94. The summed E-state index contributed by atoms with van der Waals surface area (Å²) < 4.78 is 0. The Hall–Kier alpha value is -1.88. The molecule has 20 heavy (non-hydrogen) atoms. The number of carbonyl (C=O) groups excluding carboxylic acids is 2. The molecule has 0 spiro atoms. The first-order valence-electron chi connectivity index (χ1n) is 6.72. The number of benzene rings is 1. The van der Waals surface area contributed by atoms with Gasteiger partial charge in [-0.05, 0) is 19.7 Å². The second-order valence-corrected chi connectivity index (χ2v) is 5.00. The van der Waals surface area contributed by atoms with E-state index in [1.807, 2.05) is 49.3 Å². The molecule has 1 aromatic rings. The van der Waals surface area contributed by atoms with Gasteiger partial charge in [0.25, 0.3) is 0 Å². The maximum absolute atomic E-state index is 12.3. The molecular formula is C15H23N3O2. The van der Waals surface area contributed by atoms with Crippen LogP contribution in [0.2, 0.25) is 0 Å². The van der Waals surface area contributed by atoms with Gasteiger partial charge in [-0.2, -0.15) is 0 Å². The van der Waals surface area contributed by atoms with Crippen LogP contribution in [0.3, 0.4) is 0 Å². The molecule has 2 amide bonds. The number of carbonyl (C=O) groups is 2. The summed E-state index contributed by atoms with van der Waals surface area (Å²) >= 11 is 0. The summed E-state index contributed by atoms with van der Waals surface area (Å²) in [6.07, 6.45) is 0. The molecule has 5 nitrogen and oxygen atoms in total. The molecule has 0 heterocycles. The van der Waals surface area contributed by atoms with Gasteiger partial charge in [0.15, 0.2) is 0 Å². The number of amides is 2. The quantitative estimate of drug-likeness (QED) is 0.717. The Morgan fingerprint density at radius 2 is 1.70 bits per heavy atom. The minimum absolute atomic E-state index is 0.0183. The zero-order chi connectivity index (χ0) is 15.0. The Kier molecular flexibility index (Phi) is 6.73. The van der Waals surface area contributed by atoms with Crippen LogP contribution in [0.5, 0.6) is 0 Å². The van der Waals surface area contributed by atoms with Crippen LogP contribution in [-0.4, -0.2) is 50.4 Å². The van der Waals surface area contributed by atoms with E-state index in [0.717, 1.165) is 5.56 Å². The molecule has 5 heteroatoms. The summed E-state index contributed by atoms with van der Waals surface area (Å²) in [6, 6.07) is 9.72. The van der Waals surface area contributed by atoms with Crippen molar-refractivity contribution in [3.05, 3.63) is 35.9 Å². The molecule has 0 saturated carbocycles. The van der Waals surface area contributed by atoms with Gasteiger partial charge in [0, 0.05) is 26.6 Å². The van der Waals surface area contributed by atoms with Crippen molar-refractivity contribution in [3.8, 4) is 0 Å². The van der Waals surface area contributed by atoms with Gasteiger partial charge in [-0.1, -0.05) is 30.3 Å². The van der Waals surface area contributed by atoms with E-state index >= 15 is 0 Å². The standard InChI is InChI=1S/C15H23N3O2/c1-12(19)16-9-10-17-15(20)14(11-18(2)3)13-7-5-4-6-8-13/h4-8,14H,9-11H2,1-3H3,(H,16,19)(H,17,20)/t14-/m0/s1. The van der Waals surface area contributed by atoms with E-state index in [1.165, 1.54) is 6.92 Å². The number of likely N-dealkylation sites (N-methyl/N-ethyl adjacent to an activating group) is 1. The lowest BCUT2D eigenvalue weighted by atomic mass is 9.98. The second kappa shape index (κ2) is 8.32. The molecule has 0 aliphatic heterocycles. The molecule has 0 radical (unpaired) electrons. The van der Waals surface area contributed by atoms with Crippen molar-refractivity contribution in [1.29, 1.82) is 0 Å². The Morgan fingerprint density at radius 3 is 2.25 bits per heavy atom. The maximum Gasteiger partial charge on any atom is 0.228 e. The monoisotopic (exact) mass is 277 g/mol. The van der Waals surface area contributed by atoms with Crippen LogP contribution in [0.25, 0.3) is 0 Å². The van der Waals surface area contributed by atoms with E-state index in [-0.39, 0.29) is 17.7 Å². The van der Waals surface area contributed by atoms with Crippen LogP contribution in [0.15, 0.2) is 30.3 Å². The van der Waals surface area contributed by atoms with Crippen molar-refractivity contribution in [3.63, 3.8) is 0 Å². The third-order valence-electron chi connectivity index (χ3n) is 2.86. The highest BCUT2D eigenvalue weighted by Crippen LogP contribution is 2.16. The summed E-state index contributed by atoms with van der Waals surface area (Å²) in [4.78, 5) is 25.0. The summed E-state index contributed by atoms with van der Waals surface area (Å²) in [7, 11) is 3.89. The molecule has 1 atom stereocenters. The number of hydrogen-bond donors (Lipinski definition) is 2. The van der Waals surface area contributed by atoms with Crippen LogP contribution in [-0.2, 0) is 9.59 Å². The third kappa shape index (κ3) is 5.84. The highest BCUT2D eigenvalue weighted by molar-refractivity contribution is 5.84. The Balaban J connectivity index is 2.59. The van der Waals surface area contributed by atoms with Gasteiger partial charge in [0.1, 0.15) is 0 Å². The number of hydrogen-bond acceptors (Lipinski definition) is 3. The highest BCUT2D eigenvalue weighted by Gasteiger charge is 2.20. The maximum atomic E-state index is 12.3. The second-order valence-electron chi connectivity index (χ2n) is 5.00. The molecule has 0 aliphatic carbocycles. The molecule has 2 N–H and O–H groups in total. The van der Waals surface area contributed by atoms with Gasteiger partial charge in [-0.15, -0.1) is 0 Å². The minimum atomic E-state index is -0.205. The SMILES string of the molecule is CC(=O)NCCNC(=O)[C@@H](CN(C)C)c1ccccc1. The lowest BCUT2D eigenvalue weighted by Gasteiger charge is -2.21. The van der Waals surface area contributed by atoms with E-state index < -0.39 is 0 Å². The van der Waals surface area contributed by atoms with Gasteiger partial charge in [0.05, 0.1) is 5.92 Å². The van der Waals surface area contributed by atoms with E-state index in [9.17, 15) is 9.59 Å². The van der Waals surface area contributed by atoms with Crippen LogP contribution in [0, 0.1) is 0 Å². The van der Waals surface area contributed by atoms with E-state index in [1.54, 1.807) is 0 Å². The topological polar surface area (TPSA) is 61.4 Å². The first-order valence-corrected chi connectivity index (χ1v) is 6.72. The lowest BCUT2D eigenvalue weighted by molar-refractivity contribution is -0.123. The smallest absolute Gasteiger partial charge is 0.228 e. The van der Waals surface area contributed by atoms with Gasteiger partial charge >= 0.3 is 0 Å². The van der Waals surface area contributed by atoms with E-state index in [4.69, 9.17) is 0 Å². The zero-order valence-corrected chi connectivity index (χ0v) is 12.3. The summed E-state index contributed by atoms with van der Waals surface area (Å²) in [5.74, 6) is -0.314. The van der Waals surface area contributed by atoms with Crippen molar-refractivity contribution < 1.29 is 9.59 Å². The number of nitrogens with one attached hydrogen (secondary N) is 2. The molecule has 1 aromatic carbocycles. The van der Waals surface area contributed by atoms with E-state index in [0.29, 0.717) is 19.6 Å². The molecule has 0 unspecified atom stereocenters. The summed E-state index contributed by atoms with van der Waals surface area (Å²) in [6.45, 7) is 3.00. The third-order valence-corrected chi connectivity index (χ3v) is 2.86. The Morgan fingerprint density at radius 1 is 1.10 bits per heavy atom. The minimum Gasteiger partial charge on any atom is -0.355 e. The average molecular weight is 277 g/mol. The number of rotatable bonds is 7. The van der Waals surface area contributed by atoms with Gasteiger partial charge in [0.2, 0.25) is 11.8 Å². The summed E-state index contributed by atoms with van der Waals surface area (Å²) in [5.41, 5.74) is 0.998. The van der Waals surface area contributed by atoms with Crippen molar-refractivity contribution in [1.82, 2.24) is 15.5 Å². The molecule has 110 valence electrons. The van der Waals surface area contributed by atoms with Crippen LogP contribution < -0.4 is 10.6 Å². The van der Waals surface area contributed by atoms with Crippen molar-refractivity contribution >= 4 is 11.8 Å². The normalized spacial score (nSPS) is 12.0. The molecule has 0 aromatic heterocycles. The van der Waals surface area contributed by atoms with Gasteiger partial charge in [-0.3, -0.25) is 9.59 Å². The fourth-order valence-corrected chi connectivity index (χ4v) is 1.94. The van der Waals surface area contributed by atoms with Gasteiger partial charge < -0.3 is 15.5 Å². The Bertz CT molecular complexity index is 432. The fraction of sp³-hybridized carbons (Fsp3) is 0.467. The van der Waals surface area contributed by atoms with Crippen molar-refractivity contribution in [2.45, 2.75) is 12.8 Å². The highest BCUT2D eigenvalue weighted by atomic mass is 16.2. The number of nitrogens with zero attached hydrogens (tertiary/aromatic N) is 1. The predicted molar refractivity (Wildman–Crippen MR) is 79.4 cm³/mol. The predicted octanol–water partition coefficient (Wildman–Crippen LogP) is 0.584. The van der Waals surface area contributed by atoms with Crippen molar-refractivity contribution in [2.24, 2.45) is 0 Å². The zero-order valence-electron chi connectivity index (χ0n) is 12.3. The lowest BCUT2D eigenvalue weighted by Crippen LogP contribution is -2.39. The molecule has 0 aliphatic rings. The molecule has 0 fully saturated rings. The average Bonchev–Trinajstić information content (AvgIpc) is 2.41. The van der Waals surface area contributed by atoms with Crippen LogP contribution in [0.1, 0.15) is 18.4 Å². The van der Waals surface area contributed by atoms with Crippen molar-refractivity contribution in [2.75, 3.05) is 33.7 Å². The largest absolute Gasteiger partial charge is 0.355 e. The Labute approximate surface area is 120 Å². The first-order chi connectivity index (χ1) is 9.50.